The number of esters is 1. The fraction of sp³-hybridized carbons (Fsp3) is 0.190. The summed E-state index contributed by atoms with van der Waals surface area (Å²) in [7, 11) is -2.37. The van der Waals surface area contributed by atoms with Crippen molar-refractivity contribution in [3.8, 4) is 5.75 Å². The van der Waals surface area contributed by atoms with Gasteiger partial charge in [-0.05, 0) is 40.6 Å². The predicted octanol–water partition coefficient (Wildman–Crippen LogP) is 3.34. The van der Waals surface area contributed by atoms with E-state index >= 15 is 0 Å². The second kappa shape index (κ2) is 9.30. The summed E-state index contributed by atoms with van der Waals surface area (Å²) in [6.45, 7) is -0.0493. The van der Waals surface area contributed by atoms with Crippen LogP contribution in [-0.4, -0.2) is 34.6 Å². The van der Waals surface area contributed by atoms with E-state index in [1.807, 2.05) is 24.3 Å². The minimum atomic E-state index is -3.66. The molecule has 0 fully saturated rings. The fourth-order valence-corrected chi connectivity index (χ4v) is 4.18. The summed E-state index contributed by atoms with van der Waals surface area (Å²) < 4.78 is 37.7. The van der Waals surface area contributed by atoms with Crippen molar-refractivity contribution in [2.75, 3.05) is 20.3 Å². The highest BCUT2D eigenvalue weighted by molar-refractivity contribution is 7.89. The number of rotatable bonds is 8. The Morgan fingerprint density at radius 2 is 1.72 bits per heavy atom. The first-order valence-electron chi connectivity index (χ1n) is 8.85. The van der Waals surface area contributed by atoms with Gasteiger partial charge in [-0.1, -0.05) is 42.5 Å². The number of hydrogen-bond acceptors (Lipinski definition) is 6. The predicted molar refractivity (Wildman–Crippen MR) is 115 cm³/mol. The molecule has 6 nitrogen and oxygen atoms in total. The summed E-state index contributed by atoms with van der Waals surface area (Å²) in [5.41, 5.74) is 0.819. The first-order chi connectivity index (χ1) is 13.9. The summed E-state index contributed by atoms with van der Waals surface area (Å²) in [6, 6.07) is 19.5. The number of methoxy groups -OCH3 is 1. The number of benzene rings is 3. The molecule has 1 unspecified atom stereocenters. The van der Waals surface area contributed by atoms with Gasteiger partial charge in [0.25, 0.3) is 0 Å². The zero-order chi connectivity index (χ0) is 20.9. The zero-order valence-corrected chi connectivity index (χ0v) is 17.5. The summed E-state index contributed by atoms with van der Waals surface area (Å²) in [5.74, 6) is 0.0423. The Balaban J connectivity index is 1.62. The van der Waals surface area contributed by atoms with Gasteiger partial charge in [-0.25, -0.2) is 17.9 Å². The molecule has 0 saturated heterocycles. The molecule has 0 aliphatic carbocycles. The van der Waals surface area contributed by atoms with E-state index in [1.165, 1.54) is 7.11 Å². The molecular formula is C21H21NO5S2. The summed E-state index contributed by atoms with van der Waals surface area (Å²) in [4.78, 5) is 11.3. The Morgan fingerprint density at radius 1 is 1.03 bits per heavy atom. The van der Waals surface area contributed by atoms with Crippen LogP contribution >= 0.6 is 12.6 Å². The van der Waals surface area contributed by atoms with Gasteiger partial charge in [-0.2, -0.15) is 12.6 Å². The average Bonchev–Trinajstić information content (AvgIpc) is 2.75. The Kier molecular flexibility index (Phi) is 6.79. The van der Waals surface area contributed by atoms with E-state index in [4.69, 9.17) is 4.74 Å². The maximum atomic E-state index is 12.6. The van der Waals surface area contributed by atoms with Gasteiger partial charge in [0.1, 0.15) is 5.75 Å². The van der Waals surface area contributed by atoms with Crippen LogP contribution in [0.2, 0.25) is 0 Å². The number of hydrogen-bond donors (Lipinski definition) is 2. The Bertz CT molecular complexity index is 1100. The van der Waals surface area contributed by atoms with Crippen LogP contribution in [-0.2, 0) is 19.6 Å². The fourth-order valence-electron chi connectivity index (χ4n) is 2.71. The van der Waals surface area contributed by atoms with Crippen LogP contribution in [0.25, 0.3) is 10.8 Å². The second-order valence-corrected chi connectivity index (χ2v) is 8.70. The molecule has 0 amide bonds. The van der Waals surface area contributed by atoms with Gasteiger partial charge >= 0.3 is 5.97 Å². The lowest BCUT2D eigenvalue weighted by Gasteiger charge is -2.14. The number of sulfonamides is 1. The second-order valence-electron chi connectivity index (χ2n) is 6.31. The molecule has 1 N–H and O–H groups in total. The highest BCUT2D eigenvalue weighted by Crippen LogP contribution is 2.23. The molecule has 0 radical (unpaired) electrons. The minimum Gasteiger partial charge on any atom is -0.482 e. The molecule has 29 heavy (non-hydrogen) atoms. The first kappa shape index (κ1) is 21.2. The average molecular weight is 432 g/mol. The number of carbonyl (C=O) groups is 1. The molecule has 3 rings (SSSR count). The van der Waals surface area contributed by atoms with Crippen LogP contribution in [0, 0.1) is 0 Å². The maximum absolute atomic E-state index is 12.6. The molecule has 3 aromatic carbocycles. The number of thiol groups is 1. The lowest BCUT2D eigenvalue weighted by Crippen LogP contribution is -2.27. The van der Waals surface area contributed by atoms with Gasteiger partial charge in [0, 0.05) is 11.8 Å². The first-order valence-corrected chi connectivity index (χ1v) is 10.8. The largest absolute Gasteiger partial charge is 0.482 e. The molecule has 152 valence electrons. The van der Waals surface area contributed by atoms with Crippen LogP contribution in [0.1, 0.15) is 10.8 Å². The van der Waals surface area contributed by atoms with Gasteiger partial charge < -0.3 is 9.47 Å². The van der Waals surface area contributed by atoms with E-state index in [0.29, 0.717) is 5.75 Å². The highest BCUT2D eigenvalue weighted by Gasteiger charge is 2.17. The molecule has 8 heteroatoms. The van der Waals surface area contributed by atoms with Crippen molar-refractivity contribution in [1.29, 1.82) is 0 Å². The van der Waals surface area contributed by atoms with Crippen molar-refractivity contribution in [2.24, 2.45) is 0 Å². The van der Waals surface area contributed by atoms with Crippen molar-refractivity contribution >= 4 is 39.4 Å². The van der Waals surface area contributed by atoms with Crippen molar-refractivity contribution in [2.45, 2.75) is 10.1 Å². The number of ether oxygens (including phenoxy) is 2. The molecule has 0 aliphatic heterocycles. The van der Waals surface area contributed by atoms with Gasteiger partial charge in [0.05, 0.1) is 12.0 Å². The molecular weight excluding hydrogens is 410 g/mol. The molecule has 0 aliphatic rings. The Hall–Kier alpha value is -2.55. The minimum absolute atomic E-state index is 0.126. The number of carbonyl (C=O) groups excluding carboxylic acids is 1. The lowest BCUT2D eigenvalue weighted by atomic mass is 10.1. The van der Waals surface area contributed by atoms with Crippen molar-refractivity contribution in [3.63, 3.8) is 0 Å². The van der Waals surface area contributed by atoms with Crippen LogP contribution in [0.15, 0.2) is 71.6 Å². The summed E-state index contributed by atoms with van der Waals surface area (Å²) in [6.07, 6.45) is 0. The van der Waals surface area contributed by atoms with Crippen molar-refractivity contribution in [1.82, 2.24) is 4.72 Å². The third kappa shape index (κ3) is 5.50. The third-order valence-electron chi connectivity index (χ3n) is 4.35. The standard InChI is InChI=1S/C21H21NO5S2/c1-26-21(23)14-27-18-9-6-16(7-10-18)20(28)13-22-29(24,25)19-11-8-15-4-2-3-5-17(15)12-19/h2-12,20,22,28H,13-14H2,1H3. The molecule has 0 spiro atoms. The highest BCUT2D eigenvalue weighted by atomic mass is 32.2. The quantitative estimate of drug-likeness (QED) is 0.422. The van der Waals surface area contributed by atoms with Gasteiger partial charge in [-0.3, -0.25) is 0 Å². The van der Waals surface area contributed by atoms with E-state index in [0.717, 1.165) is 16.3 Å². The molecule has 0 bridgehead atoms. The van der Waals surface area contributed by atoms with Crippen LogP contribution in [0.5, 0.6) is 5.75 Å². The molecule has 0 saturated carbocycles. The van der Waals surface area contributed by atoms with Gasteiger partial charge in [-0.15, -0.1) is 0 Å². The number of nitrogens with one attached hydrogen (secondary N) is 1. The Morgan fingerprint density at radius 3 is 2.41 bits per heavy atom. The smallest absolute Gasteiger partial charge is 0.343 e. The lowest BCUT2D eigenvalue weighted by molar-refractivity contribution is -0.142. The molecule has 1 atom stereocenters. The topological polar surface area (TPSA) is 81.7 Å². The SMILES string of the molecule is COC(=O)COc1ccc(C(S)CNS(=O)(=O)c2ccc3ccccc3c2)cc1. The summed E-state index contributed by atoms with van der Waals surface area (Å²) in [5, 5.41) is 1.49. The molecule has 0 heterocycles. The zero-order valence-electron chi connectivity index (χ0n) is 15.7. The molecule has 0 aromatic heterocycles. The van der Waals surface area contributed by atoms with Crippen LogP contribution in [0.3, 0.4) is 0 Å². The van der Waals surface area contributed by atoms with E-state index in [1.54, 1.807) is 42.5 Å². The van der Waals surface area contributed by atoms with Crippen LogP contribution < -0.4 is 9.46 Å². The van der Waals surface area contributed by atoms with Gasteiger partial charge in [0.2, 0.25) is 10.0 Å². The van der Waals surface area contributed by atoms with Crippen LogP contribution in [0.4, 0.5) is 0 Å². The van der Waals surface area contributed by atoms with Crippen molar-refractivity contribution in [3.05, 3.63) is 72.3 Å². The summed E-state index contributed by atoms with van der Waals surface area (Å²) >= 11 is 4.50. The van der Waals surface area contributed by atoms with Crippen molar-refractivity contribution < 1.29 is 22.7 Å². The molecule has 3 aromatic rings. The van der Waals surface area contributed by atoms with E-state index in [-0.39, 0.29) is 23.3 Å². The Labute approximate surface area is 175 Å². The maximum Gasteiger partial charge on any atom is 0.343 e. The monoisotopic (exact) mass is 431 g/mol. The third-order valence-corrected chi connectivity index (χ3v) is 6.25. The van der Waals surface area contributed by atoms with E-state index < -0.39 is 16.0 Å². The number of fused-ring (bicyclic) bond motifs is 1. The van der Waals surface area contributed by atoms with E-state index in [9.17, 15) is 13.2 Å². The van der Waals surface area contributed by atoms with Gasteiger partial charge in [0.15, 0.2) is 6.61 Å². The normalized spacial score (nSPS) is 12.5. The van der Waals surface area contributed by atoms with E-state index in [2.05, 4.69) is 22.1 Å².